The first-order chi connectivity index (χ1) is 10.00. The van der Waals surface area contributed by atoms with Crippen molar-refractivity contribution in [3.05, 3.63) is 0 Å². The quantitative estimate of drug-likeness (QED) is 0.287. The van der Waals surface area contributed by atoms with Crippen LogP contribution in [0.2, 0.25) is 0 Å². The second-order valence-electron chi connectivity index (χ2n) is 5.46. The van der Waals surface area contributed by atoms with Crippen LogP contribution in [-0.4, -0.2) is 47.7 Å². The van der Waals surface area contributed by atoms with Crippen LogP contribution in [0.5, 0.6) is 0 Å². The minimum atomic E-state index is -0.946. The Labute approximate surface area is 130 Å². The van der Waals surface area contributed by atoms with Gasteiger partial charge in [-0.3, -0.25) is 4.79 Å². The maximum absolute atomic E-state index is 12.7. The minimum Gasteiger partial charge on any atom is -0.409 e. The number of carbonyl (C=O) groups excluding carboxylic acids is 1. The highest BCUT2D eigenvalue weighted by atomic mass is 32.2. The van der Waals surface area contributed by atoms with E-state index in [9.17, 15) is 4.79 Å². The Morgan fingerprint density at radius 2 is 2.00 bits per heavy atom. The Kier molecular flexibility index (Phi) is 6.80. The smallest absolute Gasteiger partial charge is 0.234 e. The van der Waals surface area contributed by atoms with E-state index in [1.54, 1.807) is 11.8 Å². The SMILES string of the molecule is CCC(CC)(CNC(=O)C1(C(N)=NO)CCOCC1)SC. The number of thioether (sulfide) groups is 1. The number of nitrogens with zero attached hydrogens (tertiary/aromatic N) is 1. The molecule has 1 aliphatic rings. The molecular formula is C14H27N3O3S. The predicted octanol–water partition coefficient (Wildman–Crippen LogP) is 1.57. The zero-order valence-electron chi connectivity index (χ0n) is 13.1. The highest BCUT2D eigenvalue weighted by Gasteiger charge is 2.45. The molecule has 122 valence electrons. The van der Waals surface area contributed by atoms with Crippen LogP contribution < -0.4 is 11.1 Å². The van der Waals surface area contributed by atoms with E-state index in [-0.39, 0.29) is 16.5 Å². The molecule has 21 heavy (non-hydrogen) atoms. The number of amides is 1. The van der Waals surface area contributed by atoms with Crippen LogP contribution in [0, 0.1) is 5.41 Å². The van der Waals surface area contributed by atoms with E-state index in [0.717, 1.165) is 12.8 Å². The van der Waals surface area contributed by atoms with E-state index < -0.39 is 5.41 Å². The zero-order valence-corrected chi connectivity index (χ0v) is 14.0. The van der Waals surface area contributed by atoms with E-state index in [1.165, 1.54) is 0 Å². The lowest BCUT2D eigenvalue weighted by Gasteiger charge is -2.36. The Hall–Kier alpha value is -0.950. The molecule has 0 unspecified atom stereocenters. The van der Waals surface area contributed by atoms with Crippen LogP contribution in [0.25, 0.3) is 0 Å². The average molecular weight is 317 g/mol. The van der Waals surface area contributed by atoms with Gasteiger partial charge in [-0.05, 0) is 31.9 Å². The highest BCUT2D eigenvalue weighted by Crippen LogP contribution is 2.33. The van der Waals surface area contributed by atoms with Crippen LogP contribution in [0.4, 0.5) is 0 Å². The van der Waals surface area contributed by atoms with Gasteiger partial charge in [0.15, 0.2) is 5.84 Å². The molecule has 0 spiro atoms. The number of hydrogen-bond donors (Lipinski definition) is 3. The Bertz CT molecular complexity index is 369. The second-order valence-corrected chi connectivity index (χ2v) is 6.73. The third-order valence-corrected chi connectivity index (χ3v) is 6.26. The van der Waals surface area contributed by atoms with E-state index in [0.29, 0.717) is 32.6 Å². The fraction of sp³-hybridized carbons (Fsp3) is 0.857. The van der Waals surface area contributed by atoms with Crippen molar-refractivity contribution in [3.8, 4) is 0 Å². The molecule has 0 bridgehead atoms. The first-order valence-corrected chi connectivity index (χ1v) is 8.62. The van der Waals surface area contributed by atoms with Crippen molar-refractivity contribution in [2.75, 3.05) is 26.0 Å². The molecule has 1 rings (SSSR count). The summed E-state index contributed by atoms with van der Waals surface area (Å²) in [5.74, 6) is -0.188. The number of amidine groups is 1. The van der Waals surface area contributed by atoms with Gasteiger partial charge >= 0.3 is 0 Å². The molecule has 1 aliphatic heterocycles. The molecule has 0 aromatic carbocycles. The summed E-state index contributed by atoms with van der Waals surface area (Å²) < 4.78 is 5.34. The summed E-state index contributed by atoms with van der Waals surface area (Å²) in [6, 6.07) is 0. The first kappa shape index (κ1) is 18.1. The van der Waals surface area contributed by atoms with Crippen molar-refractivity contribution in [1.29, 1.82) is 0 Å². The molecule has 4 N–H and O–H groups in total. The molecule has 0 atom stereocenters. The van der Waals surface area contributed by atoms with Gasteiger partial charge in [-0.2, -0.15) is 11.8 Å². The van der Waals surface area contributed by atoms with Gasteiger partial charge in [-0.25, -0.2) is 0 Å². The summed E-state index contributed by atoms with van der Waals surface area (Å²) in [5, 5.41) is 15.1. The van der Waals surface area contributed by atoms with E-state index >= 15 is 0 Å². The van der Waals surface area contributed by atoms with Crippen molar-refractivity contribution >= 4 is 23.5 Å². The number of nitrogens with one attached hydrogen (secondary N) is 1. The molecule has 1 fully saturated rings. The van der Waals surface area contributed by atoms with Crippen LogP contribution in [0.15, 0.2) is 5.16 Å². The van der Waals surface area contributed by atoms with Crippen molar-refractivity contribution in [3.63, 3.8) is 0 Å². The minimum absolute atomic E-state index is 0.0222. The molecular weight excluding hydrogens is 290 g/mol. The molecule has 0 radical (unpaired) electrons. The molecule has 1 saturated heterocycles. The summed E-state index contributed by atoms with van der Waals surface area (Å²) >= 11 is 1.77. The van der Waals surface area contributed by atoms with Crippen LogP contribution in [0.3, 0.4) is 0 Å². The second kappa shape index (κ2) is 7.89. The highest BCUT2D eigenvalue weighted by molar-refractivity contribution is 8.00. The van der Waals surface area contributed by atoms with Crippen molar-refractivity contribution < 1.29 is 14.7 Å². The summed E-state index contributed by atoms with van der Waals surface area (Å²) in [6.07, 6.45) is 4.90. The van der Waals surface area contributed by atoms with E-state index in [1.807, 2.05) is 0 Å². The molecule has 0 aromatic rings. The maximum atomic E-state index is 12.7. The number of nitrogens with two attached hydrogens (primary N) is 1. The lowest BCUT2D eigenvalue weighted by atomic mass is 9.78. The number of hydrogen-bond acceptors (Lipinski definition) is 5. The molecule has 0 aliphatic carbocycles. The molecule has 1 amide bonds. The summed E-state index contributed by atoms with van der Waals surface area (Å²) in [4.78, 5) is 12.7. The topological polar surface area (TPSA) is 96.9 Å². The van der Waals surface area contributed by atoms with Gasteiger partial charge in [-0.15, -0.1) is 0 Å². The lowest BCUT2D eigenvalue weighted by Crippen LogP contribution is -2.54. The van der Waals surface area contributed by atoms with Gasteiger partial charge in [0.1, 0.15) is 5.41 Å². The monoisotopic (exact) mass is 317 g/mol. The van der Waals surface area contributed by atoms with E-state index in [2.05, 4.69) is 30.6 Å². The zero-order chi connectivity index (χ0) is 15.9. The Morgan fingerprint density at radius 3 is 2.43 bits per heavy atom. The summed E-state index contributed by atoms with van der Waals surface area (Å²) in [6.45, 7) is 5.72. The molecule has 6 nitrogen and oxygen atoms in total. The van der Waals surface area contributed by atoms with Gasteiger partial charge in [-0.1, -0.05) is 19.0 Å². The van der Waals surface area contributed by atoms with Gasteiger partial charge in [0.25, 0.3) is 0 Å². The fourth-order valence-corrected chi connectivity index (χ4v) is 3.48. The Balaban J connectivity index is 2.83. The standard InChI is InChI=1S/C14H27N3O3S/c1-4-13(5-2,21-3)10-16-12(18)14(11(15)17-19)6-8-20-9-7-14/h19H,4-10H2,1-3H3,(H2,15,17)(H,16,18). The molecule has 1 heterocycles. The lowest BCUT2D eigenvalue weighted by molar-refractivity contribution is -0.131. The van der Waals surface area contributed by atoms with Crippen molar-refractivity contribution in [1.82, 2.24) is 5.32 Å². The van der Waals surface area contributed by atoms with Gasteiger partial charge in [0.2, 0.25) is 5.91 Å². The molecule has 0 aromatic heterocycles. The first-order valence-electron chi connectivity index (χ1n) is 7.39. The van der Waals surface area contributed by atoms with Crippen molar-refractivity contribution in [2.45, 2.75) is 44.3 Å². The van der Waals surface area contributed by atoms with Gasteiger partial charge in [0, 0.05) is 24.5 Å². The van der Waals surface area contributed by atoms with E-state index in [4.69, 9.17) is 15.7 Å². The third kappa shape index (κ3) is 3.83. The van der Waals surface area contributed by atoms with Gasteiger partial charge in [0.05, 0.1) is 0 Å². The fourth-order valence-electron chi connectivity index (χ4n) is 2.69. The molecule has 0 saturated carbocycles. The van der Waals surface area contributed by atoms with Crippen LogP contribution in [-0.2, 0) is 9.53 Å². The van der Waals surface area contributed by atoms with Crippen LogP contribution >= 0.6 is 11.8 Å². The number of ether oxygens (including phenoxy) is 1. The molecule has 7 heteroatoms. The summed E-state index contributed by atoms with van der Waals surface area (Å²) in [5.41, 5.74) is 4.85. The normalized spacial score (nSPS) is 19.3. The Morgan fingerprint density at radius 1 is 1.43 bits per heavy atom. The third-order valence-electron chi connectivity index (χ3n) is 4.67. The number of carbonyl (C=O) groups is 1. The largest absolute Gasteiger partial charge is 0.409 e. The van der Waals surface area contributed by atoms with Crippen molar-refractivity contribution in [2.24, 2.45) is 16.3 Å². The average Bonchev–Trinajstić information content (AvgIpc) is 2.56. The maximum Gasteiger partial charge on any atom is 0.234 e. The number of rotatable bonds is 7. The number of oxime groups is 1. The van der Waals surface area contributed by atoms with Gasteiger partial charge < -0.3 is 21.0 Å². The summed E-state index contributed by atoms with van der Waals surface area (Å²) in [7, 11) is 0. The predicted molar refractivity (Wildman–Crippen MR) is 85.7 cm³/mol. The van der Waals surface area contributed by atoms with Crippen LogP contribution in [0.1, 0.15) is 39.5 Å².